The second kappa shape index (κ2) is 8.61. The summed E-state index contributed by atoms with van der Waals surface area (Å²) in [4.78, 5) is 12.9. The predicted molar refractivity (Wildman–Crippen MR) is 114 cm³/mol. The van der Waals surface area contributed by atoms with E-state index in [1.807, 2.05) is 72.9 Å². The normalized spacial score (nSPS) is 20.1. The van der Waals surface area contributed by atoms with Crippen LogP contribution in [-0.4, -0.2) is 37.5 Å². The number of quaternary nitrogens is 1. The van der Waals surface area contributed by atoms with E-state index in [-0.39, 0.29) is 5.78 Å². The van der Waals surface area contributed by atoms with Crippen LogP contribution in [0.25, 0.3) is 12.2 Å². The first-order valence-corrected chi connectivity index (χ1v) is 9.25. The number of nitrogens with zero attached hydrogens (tertiary/aromatic N) is 1. The number of likely N-dealkylation sites (N-methyl/N-ethyl adjacent to an activating group) is 1. The van der Waals surface area contributed by atoms with Gasteiger partial charge < -0.3 is 4.48 Å². The van der Waals surface area contributed by atoms with Crippen molar-refractivity contribution < 1.29 is 9.28 Å². The Balaban J connectivity index is 1.78. The summed E-state index contributed by atoms with van der Waals surface area (Å²) in [7, 11) is 4.33. The number of Topliss-reactive ketones (excluding diaryl/α,β-unsaturated/α-hetero) is 1. The maximum Gasteiger partial charge on any atom is 0.196 e. The SMILES string of the molecule is C[N+]1(C)C/C(=C/C=C\c2ccccc2)C(=O)/C(=C\C=C/c2ccccc2)C1. The lowest BCUT2D eigenvalue weighted by molar-refractivity contribution is -0.881. The van der Waals surface area contributed by atoms with Crippen molar-refractivity contribution in [3.05, 3.63) is 107 Å². The molecule has 1 heterocycles. The molecule has 1 aliphatic rings. The van der Waals surface area contributed by atoms with Crippen molar-refractivity contribution in [1.29, 1.82) is 0 Å². The van der Waals surface area contributed by atoms with Gasteiger partial charge in [-0.25, -0.2) is 0 Å². The number of ketones is 1. The standard InChI is InChI=1S/C25H26NO/c1-26(2)19-23(17-9-15-21-11-5-3-6-12-21)25(27)24(20-26)18-10-16-22-13-7-4-8-14-22/h3-18H,19-20H2,1-2H3/q+1/b15-9-,16-10-,23-17-,24-18-. The molecular formula is C25H26NO+. The zero-order valence-corrected chi connectivity index (χ0v) is 16.0. The van der Waals surface area contributed by atoms with Gasteiger partial charge in [-0.3, -0.25) is 4.79 Å². The van der Waals surface area contributed by atoms with Crippen molar-refractivity contribution in [2.45, 2.75) is 0 Å². The predicted octanol–water partition coefficient (Wildman–Crippen LogP) is 4.93. The molecule has 0 radical (unpaired) electrons. The monoisotopic (exact) mass is 356 g/mol. The van der Waals surface area contributed by atoms with Gasteiger partial charge in [0.2, 0.25) is 0 Å². The quantitative estimate of drug-likeness (QED) is 0.561. The van der Waals surface area contributed by atoms with Crippen LogP contribution in [0, 0.1) is 0 Å². The van der Waals surface area contributed by atoms with Gasteiger partial charge in [0.05, 0.1) is 25.2 Å². The lowest BCUT2D eigenvalue weighted by Crippen LogP contribution is -2.48. The molecule has 0 saturated carbocycles. The Bertz CT molecular complexity index is 826. The number of rotatable bonds is 4. The van der Waals surface area contributed by atoms with Crippen molar-refractivity contribution in [3.8, 4) is 0 Å². The van der Waals surface area contributed by atoms with Crippen LogP contribution in [0.15, 0.2) is 96.1 Å². The molecule has 2 heteroatoms. The molecule has 0 spiro atoms. The molecule has 3 rings (SSSR count). The summed E-state index contributed by atoms with van der Waals surface area (Å²) in [5, 5.41) is 0. The minimum atomic E-state index is 0.155. The van der Waals surface area contributed by atoms with Gasteiger partial charge in [-0.05, 0) is 23.3 Å². The summed E-state index contributed by atoms with van der Waals surface area (Å²) in [6.45, 7) is 1.50. The maximum atomic E-state index is 12.9. The number of piperidine rings is 1. The molecule has 1 fully saturated rings. The average Bonchev–Trinajstić information content (AvgIpc) is 2.66. The van der Waals surface area contributed by atoms with Crippen LogP contribution in [0.3, 0.4) is 0 Å². The van der Waals surface area contributed by atoms with Crippen LogP contribution in [0.4, 0.5) is 0 Å². The molecule has 2 aromatic carbocycles. The van der Waals surface area contributed by atoms with Gasteiger partial charge in [0.15, 0.2) is 5.78 Å². The third kappa shape index (κ3) is 5.50. The van der Waals surface area contributed by atoms with Crippen LogP contribution in [0.1, 0.15) is 11.1 Å². The van der Waals surface area contributed by atoms with Crippen LogP contribution in [-0.2, 0) is 4.79 Å². The fourth-order valence-electron chi connectivity index (χ4n) is 3.26. The minimum absolute atomic E-state index is 0.155. The Kier molecular flexibility index (Phi) is 6.00. The molecule has 0 bridgehead atoms. The van der Waals surface area contributed by atoms with Crippen molar-refractivity contribution in [1.82, 2.24) is 0 Å². The van der Waals surface area contributed by atoms with E-state index < -0.39 is 0 Å². The number of hydrogen-bond donors (Lipinski definition) is 0. The summed E-state index contributed by atoms with van der Waals surface area (Å²) in [6.07, 6.45) is 11.9. The molecule has 1 saturated heterocycles. The second-order valence-electron chi connectivity index (χ2n) is 7.50. The summed E-state index contributed by atoms with van der Waals surface area (Å²) >= 11 is 0. The number of hydrogen-bond acceptors (Lipinski definition) is 1. The Hall–Kier alpha value is -2.97. The molecule has 0 unspecified atom stereocenters. The molecule has 0 N–H and O–H groups in total. The Morgan fingerprint density at radius 3 is 1.52 bits per heavy atom. The molecule has 0 aliphatic carbocycles. The summed E-state index contributed by atoms with van der Waals surface area (Å²) in [5.74, 6) is 0.155. The van der Waals surface area contributed by atoms with Gasteiger partial charge in [0.25, 0.3) is 0 Å². The molecule has 2 nitrogen and oxygen atoms in total. The van der Waals surface area contributed by atoms with Gasteiger partial charge in [0.1, 0.15) is 13.1 Å². The van der Waals surface area contributed by atoms with Gasteiger partial charge in [-0.15, -0.1) is 0 Å². The van der Waals surface area contributed by atoms with Crippen LogP contribution >= 0.6 is 0 Å². The van der Waals surface area contributed by atoms with Gasteiger partial charge >= 0.3 is 0 Å². The van der Waals surface area contributed by atoms with Crippen LogP contribution < -0.4 is 0 Å². The van der Waals surface area contributed by atoms with Crippen LogP contribution in [0.2, 0.25) is 0 Å². The summed E-state index contributed by atoms with van der Waals surface area (Å²) in [6, 6.07) is 20.3. The van der Waals surface area contributed by atoms with Gasteiger partial charge in [-0.2, -0.15) is 0 Å². The minimum Gasteiger partial charge on any atom is -0.321 e. The van der Waals surface area contributed by atoms with Crippen LogP contribution in [0.5, 0.6) is 0 Å². The first kappa shape index (κ1) is 18.8. The third-order valence-corrected chi connectivity index (χ3v) is 4.55. The number of carbonyl (C=O) groups is 1. The molecular weight excluding hydrogens is 330 g/mol. The van der Waals surface area contributed by atoms with E-state index in [0.717, 1.165) is 39.8 Å². The molecule has 0 atom stereocenters. The Labute approximate surface area is 162 Å². The van der Waals surface area contributed by atoms with E-state index in [2.05, 4.69) is 38.4 Å². The van der Waals surface area contributed by atoms with E-state index in [0.29, 0.717) is 0 Å². The molecule has 27 heavy (non-hydrogen) atoms. The second-order valence-corrected chi connectivity index (χ2v) is 7.50. The van der Waals surface area contributed by atoms with E-state index in [4.69, 9.17) is 0 Å². The molecule has 1 aliphatic heterocycles. The topological polar surface area (TPSA) is 17.1 Å². The van der Waals surface area contributed by atoms with E-state index in [1.165, 1.54) is 0 Å². The smallest absolute Gasteiger partial charge is 0.196 e. The van der Waals surface area contributed by atoms with Crippen molar-refractivity contribution in [2.75, 3.05) is 27.2 Å². The highest BCUT2D eigenvalue weighted by Crippen LogP contribution is 2.21. The van der Waals surface area contributed by atoms with Gasteiger partial charge in [0, 0.05) is 0 Å². The van der Waals surface area contributed by atoms with Gasteiger partial charge in [-0.1, -0.05) is 85.0 Å². The number of carbonyl (C=O) groups excluding carboxylic acids is 1. The molecule has 0 aromatic heterocycles. The number of likely N-dealkylation sites (tertiary alicyclic amines) is 1. The average molecular weight is 356 g/mol. The maximum absolute atomic E-state index is 12.9. The largest absolute Gasteiger partial charge is 0.321 e. The van der Waals surface area contributed by atoms with E-state index in [9.17, 15) is 4.79 Å². The fraction of sp³-hybridized carbons (Fsp3) is 0.160. The van der Waals surface area contributed by atoms with E-state index in [1.54, 1.807) is 0 Å². The first-order chi connectivity index (χ1) is 13.0. The number of allylic oxidation sites excluding steroid dienone is 4. The third-order valence-electron chi connectivity index (χ3n) is 4.55. The van der Waals surface area contributed by atoms with Crippen molar-refractivity contribution in [3.63, 3.8) is 0 Å². The Morgan fingerprint density at radius 1 is 0.704 bits per heavy atom. The highest BCUT2D eigenvalue weighted by molar-refractivity contribution is 6.09. The molecule has 136 valence electrons. The molecule has 2 aromatic rings. The zero-order valence-electron chi connectivity index (χ0n) is 16.0. The lowest BCUT2D eigenvalue weighted by atomic mass is 9.95. The molecule has 0 amide bonds. The van der Waals surface area contributed by atoms with Crippen molar-refractivity contribution >= 4 is 17.9 Å². The zero-order chi connectivity index (χ0) is 19.1. The fourth-order valence-corrected chi connectivity index (χ4v) is 3.26. The lowest BCUT2D eigenvalue weighted by Gasteiger charge is -2.35. The van der Waals surface area contributed by atoms with E-state index >= 15 is 0 Å². The number of benzene rings is 2. The van der Waals surface area contributed by atoms with Crippen molar-refractivity contribution in [2.24, 2.45) is 0 Å². The summed E-state index contributed by atoms with van der Waals surface area (Å²) < 4.78 is 0.780. The highest BCUT2D eigenvalue weighted by atomic mass is 16.1. The summed E-state index contributed by atoms with van der Waals surface area (Å²) in [5.41, 5.74) is 3.98. The first-order valence-electron chi connectivity index (χ1n) is 9.25. The Morgan fingerprint density at radius 2 is 1.11 bits per heavy atom. The highest BCUT2D eigenvalue weighted by Gasteiger charge is 2.32.